The lowest BCUT2D eigenvalue weighted by Crippen LogP contribution is -2.35. The summed E-state index contributed by atoms with van der Waals surface area (Å²) in [6.07, 6.45) is 0.634. The van der Waals surface area contributed by atoms with Crippen molar-refractivity contribution in [2.45, 2.75) is 19.6 Å². The molecule has 23 heavy (non-hydrogen) atoms. The average molecular weight is 330 g/mol. The number of hydrogen-bond donors (Lipinski definition) is 1. The maximum atomic E-state index is 12.1. The van der Waals surface area contributed by atoms with Crippen LogP contribution >= 0.6 is 11.3 Å². The summed E-state index contributed by atoms with van der Waals surface area (Å²) in [5.41, 5.74) is 2.94. The zero-order chi connectivity index (χ0) is 16.2. The monoisotopic (exact) mass is 330 g/mol. The van der Waals surface area contributed by atoms with E-state index in [1.165, 1.54) is 24.5 Å². The lowest BCUT2D eigenvalue weighted by atomic mass is 10.2. The minimum Gasteiger partial charge on any atom is -0.467 e. The molecule has 2 aromatic heterocycles. The molecular weight excluding hydrogens is 316 g/mol. The van der Waals surface area contributed by atoms with Crippen molar-refractivity contribution in [2.75, 3.05) is 0 Å². The van der Waals surface area contributed by atoms with Crippen LogP contribution in [0.5, 0.6) is 0 Å². The van der Waals surface area contributed by atoms with Crippen LogP contribution < -0.4 is 5.32 Å². The van der Waals surface area contributed by atoms with Crippen molar-refractivity contribution in [2.24, 2.45) is 0 Å². The van der Waals surface area contributed by atoms with Crippen molar-refractivity contribution in [3.8, 4) is 0 Å². The lowest BCUT2D eigenvalue weighted by molar-refractivity contribution is -0.129. The number of ether oxygens (including phenoxy) is 1. The van der Waals surface area contributed by atoms with Gasteiger partial charge in [0.25, 0.3) is 5.91 Å². The molecule has 3 rings (SSSR count). The molecule has 0 saturated carbocycles. The summed E-state index contributed by atoms with van der Waals surface area (Å²) in [4.78, 5) is 28.2. The number of carbonyl (C=O) groups is 2. The third-order valence-electron chi connectivity index (χ3n) is 3.24. The van der Waals surface area contributed by atoms with Gasteiger partial charge in [0.05, 0.1) is 34.1 Å². The van der Waals surface area contributed by atoms with E-state index in [0.29, 0.717) is 11.3 Å². The number of fused-ring (bicyclic) bond motifs is 1. The van der Waals surface area contributed by atoms with Crippen LogP contribution in [0.3, 0.4) is 0 Å². The van der Waals surface area contributed by atoms with Gasteiger partial charge in [0, 0.05) is 0 Å². The van der Waals surface area contributed by atoms with Crippen LogP contribution in [0.4, 0.5) is 0 Å². The van der Waals surface area contributed by atoms with Crippen LogP contribution in [-0.4, -0.2) is 23.0 Å². The topological polar surface area (TPSA) is 81.4 Å². The quantitative estimate of drug-likeness (QED) is 0.728. The van der Waals surface area contributed by atoms with Gasteiger partial charge in [-0.05, 0) is 37.3 Å². The number of carbonyl (C=O) groups excluding carboxylic acids is 2. The molecule has 7 heteroatoms. The first kappa shape index (κ1) is 15.2. The Kier molecular flexibility index (Phi) is 4.38. The molecule has 0 saturated heterocycles. The molecule has 6 nitrogen and oxygen atoms in total. The summed E-state index contributed by atoms with van der Waals surface area (Å²) < 4.78 is 11.2. The number of thiazole rings is 1. The van der Waals surface area contributed by atoms with Gasteiger partial charge in [0.15, 0.2) is 6.10 Å². The molecule has 1 unspecified atom stereocenters. The molecule has 1 aromatic carbocycles. The number of esters is 1. The molecule has 1 N–H and O–H groups in total. The summed E-state index contributed by atoms with van der Waals surface area (Å²) in [6, 6.07) is 8.59. The highest BCUT2D eigenvalue weighted by Gasteiger charge is 2.19. The van der Waals surface area contributed by atoms with Gasteiger partial charge in [-0.3, -0.25) is 4.79 Å². The van der Waals surface area contributed by atoms with E-state index in [0.717, 1.165) is 10.2 Å². The normalized spacial score (nSPS) is 12.0. The molecule has 0 fully saturated rings. The molecule has 2 heterocycles. The van der Waals surface area contributed by atoms with Gasteiger partial charge in [0.1, 0.15) is 5.76 Å². The molecule has 1 atom stereocenters. The molecule has 0 bridgehead atoms. The highest BCUT2D eigenvalue weighted by Crippen LogP contribution is 2.19. The smallest absolute Gasteiger partial charge is 0.338 e. The number of furan rings is 1. The van der Waals surface area contributed by atoms with E-state index in [9.17, 15) is 9.59 Å². The van der Waals surface area contributed by atoms with E-state index in [1.54, 1.807) is 35.8 Å². The Hall–Kier alpha value is -2.67. The molecule has 1 amide bonds. The fraction of sp³-hybridized carbons (Fsp3) is 0.188. The second kappa shape index (κ2) is 6.62. The van der Waals surface area contributed by atoms with Gasteiger partial charge in [-0.15, -0.1) is 11.3 Å². The van der Waals surface area contributed by atoms with Gasteiger partial charge in [-0.1, -0.05) is 0 Å². The summed E-state index contributed by atoms with van der Waals surface area (Å²) in [5, 5.41) is 2.65. The summed E-state index contributed by atoms with van der Waals surface area (Å²) in [7, 11) is 0. The standard InChI is InChI=1S/C16H14N2O4S/c1-10(15(19)17-8-12-3-2-6-21-12)22-16(20)11-4-5-13-14(7-11)23-9-18-13/h2-7,9-10H,8H2,1H3,(H,17,19). The van der Waals surface area contributed by atoms with Gasteiger partial charge in [-0.2, -0.15) is 0 Å². The average Bonchev–Trinajstić information content (AvgIpc) is 3.22. The van der Waals surface area contributed by atoms with Gasteiger partial charge in [0.2, 0.25) is 0 Å². The molecular formula is C16H14N2O4S. The third-order valence-corrected chi connectivity index (χ3v) is 4.03. The molecule has 0 aliphatic rings. The summed E-state index contributed by atoms with van der Waals surface area (Å²) in [6.45, 7) is 1.78. The zero-order valence-corrected chi connectivity index (χ0v) is 13.1. The zero-order valence-electron chi connectivity index (χ0n) is 12.3. The first-order valence-electron chi connectivity index (χ1n) is 6.98. The van der Waals surface area contributed by atoms with E-state index < -0.39 is 12.1 Å². The van der Waals surface area contributed by atoms with Crippen LogP contribution in [0.2, 0.25) is 0 Å². The molecule has 3 aromatic rings. The Morgan fingerprint density at radius 2 is 2.26 bits per heavy atom. The predicted molar refractivity (Wildman–Crippen MR) is 85.1 cm³/mol. The number of aromatic nitrogens is 1. The van der Waals surface area contributed by atoms with Crippen LogP contribution in [0.25, 0.3) is 10.2 Å². The van der Waals surface area contributed by atoms with E-state index in [4.69, 9.17) is 9.15 Å². The van der Waals surface area contributed by atoms with Crippen molar-refractivity contribution in [3.05, 3.63) is 53.4 Å². The third kappa shape index (κ3) is 3.57. The van der Waals surface area contributed by atoms with Crippen LogP contribution in [-0.2, 0) is 16.1 Å². The van der Waals surface area contributed by atoms with Crippen LogP contribution in [0.15, 0.2) is 46.5 Å². The van der Waals surface area contributed by atoms with Crippen molar-refractivity contribution in [1.29, 1.82) is 0 Å². The molecule has 0 aliphatic heterocycles. The number of rotatable bonds is 5. The van der Waals surface area contributed by atoms with E-state index >= 15 is 0 Å². The Morgan fingerprint density at radius 1 is 1.39 bits per heavy atom. The Balaban J connectivity index is 1.58. The maximum Gasteiger partial charge on any atom is 0.338 e. The van der Waals surface area contributed by atoms with Crippen LogP contribution in [0.1, 0.15) is 23.0 Å². The number of nitrogens with one attached hydrogen (secondary N) is 1. The number of nitrogens with zero attached hydrogens (tertiary/aromatic N) is 1. The summed E-state index contributed by atoms with van der Waals surface area (Å²) in [5.74, 6) is -0.290. The van der Waals surface area contributed by atoms with E-state index in [1.807, 2.05) is 0 Å². The molecule has 0 spiro atoms. The number of hydrogen-bond acceptors (Lipinski definition) is 6. The molecule has 0 aliphatic carbocycles. The second-order valence-corrected chi connectivity index (χ2v) is 5.77. The number of amides is 1. The van der Waals surface area contributed by atoms with E-state index in [-0.39, 0.29) is 12.5 Å². The lowest BCUT2D eigenvalue weighted by Gasteiger charge is -2.13. The van der Waals surface area contributed by atoms with Crippen molar-refractivity contribution in [3.63, 3.8) is 0 Å². The van der Waals surface area contributed by atoms with Gasteiger partial charge < -0.3 is 14.5 Å². The second-order valence-electron chi connectivity index (χ2n) is 4.88. The first-order chi connectivity index (χ1) is 11.1. The highest BCUT2D eigenvalue weighted by molar-refractivity contribution is 7.16. The highest BCUT2D eigenvalue weighted by atomic mass is 32.1. The SMILES string of the molecule is CC(OC(=O)c1ccc2ncsc2c1)C(=O)NCc1ccco1. The van der Waals surface area contributed by atoms with Gasteiger partial charge >= 0.3 is 5.97 Å². The predicted octanol–water partition coefficient (Wildman–Crippen LogP) is 2.75. The Bertz CT molecular complexity index is 826. The fourth-order valence-corrected chi connectivity index (χ4v) is 2.71. The van der Waals surface area contributed by atoms with Gasteiger partial charge in [-0.25, -0.2) is 9.78 Å². The van der Waals surface area contributed by atoms with Crippen molar-refractivity contribution in [1.82, 2.24) is 10.3 Å². The summed E-state index contributed by atoms with van der Waals surface area (Å²) >= 11 is 1.44. The Morgan fingerprint density at radius 3 is 3.04 bits per heavy atom. The largest absolute Gasteiger partial charge is 0.467 e. The minimum atomic E-state index is -0.894. The number of benzene rings is 1. The van der Waals surface area contributed by atoms with E-state index in [2.05, 4.69) is 10.3 Å². The minimum absolute atomic E-state index is 0.251. The van der Waals surface area contributed by atoms with Crippen molar-refractivity contribution >= 4 is 33.4 Å². The fourth-order valence-electron chi connectivity index (χ4n) is 2.00. The molecule has 0 radical (unpaired) electrons. The maximum absolute atomic E-state index is 12.1. The van der Waals surface area contributed by atoms with Crippen molar-refractivity contribution < 1.29 is 18.7 Å². The molecule has 118 valence electrons. The van der Waals surface area contributed by atoms with Crippen LogP contribution in [0, 0.1) is 0 Å². The Labute approximate surface area is 136 Å². The first-order valence-corrected chi connectivity index (χ1v) is 7.86.